The zero-order valence-corrected chi connectivity index (χ0v) is 12.1. The summed E-state index contributed by atoms with van der Waals surface area (Å²) in [5, 5.41) is 6.26. The number of benzene rings is 1. The number of rotatable bonds is 3. The van der Waals surface area contributed by atoms with Crippen LogP contribution in [0.25, 0.3) is 0 Å². The van der Waals surface area contributed by atoms with Crippen LogP contribution in [0.15, 0.2) is 29.4 Å². The Morgan fingerprint density at radius 2 is 1.75 bits per heavy atom. The second kappa shape index (κ2) is 6.70. The lowest BCUT2D eigenvalue weighted by Gasteiger charge is -2.19. The highest BCUT2D eigenvalue weighted by Gasteiger charge is 2.19. The molecule has 0 fully saturated rings. The number of methoxy groups -OCH3 is 1. The number of carbonyl (C=O) groups excluding carboxylic acids is 2. The minimum absolute atomic E-state index is 0.464. The summed E-state index contributed by atoms with van der Waals surface area (Å²) in [7, 11) is 1.58. The Morgan fingerprint density at radius 1 is 1.15 bits per heavy atom. The van der Waals surface area contributed by atoms with E-state index in [4.69, 9.17) is 4.74 Å². The van der Waals surface area contributed by atoms with Crippen LogP contribution in [0.2, 0.25) is 0 Å². The van der Waals surface area contributed by atoms with Crippen LogP contribution in [0.3, 0.4) is 0 Å². The van der Waals surface area contributed by atoms with Gasteiger partial charge >= 0.3 is 11.8 Å². The molecule has 0 heterocycles. The van der Waals surface area contributed by atoms with Crippen molar-refractivity contribution in [2.24, 2.45) is 5.10 Å². The van der Waals surface area contributed by atoms with Gasteiger partial charge in [0.15, 0.2) is 0 Å². The summed E-state index contributed by atoms with van der Waals surface area (Å²) < 4.78 is 5.02. The van der Waals surface area contributed by atoms with Crippen molar-refractivity contribution in [1.29, 1.82) is 0 Å². The molecule has 0 spiro atoms. The number of nitrogens with one attached hydrogen (secondary N) is 2. The van der Waals surface area contributed by atoms with Gasteiger partial charge < -0.3 is 10.1 Å². The van der Waals surface area contributed by atoms with Crippen LogP contribution < -0.4 is 15.5 Å². The first-order valence-electron chi connectivity index (χ1n) is 6.11. The Bertz CT molecular complexity index is 501. The molecule has 0 bridgehead atoms. The van der Waals surface area contributed by atoms with E-state index < -0.39 is 17.4 Å². The summed E-state index contributed by atoms with van der Waals surface area (Å²) in [5.41, 5.74) is 2.49. The van der Waals surface area contributed by atoms with Gasteiger partial charge in [-0.15, -0.1) is 0 Å². The molecule has 2 N–H and O–H groups in total. The van der Waals surface area contributed by atoms with Crippen LogP contribution in [-0.2, 0) is 9.59 Å². The predicted molar refractivity (Wildman–Crippen MR) is 76.6 cm³/mol. The van der Waals surface area contributed by atoms with Crippen molar-refractivity contribution >= 4 is 18.0 Å². The quantitative estimate of drug-likeness (QED) is 0.492. The van der Waals surface area contributed by atoms with Crippen molar-refractivity contribution in [3.63, 3.8) is 0 Å². The van der Waals surface area contributed by atoms with Crippen molar-refractivity contribution < 1.29 is 14.3 Å². The average molecular weight is 277 g/mol. The lowest BCUT2D eigenvalue weighted by molar-refractivity contribution is -0.140. The smallest absolute Gasteiger partial charge is 0.329 e. The van der Waals surface area contributed by atoms with E-state index in [9.17, 15) is 9.59 Å². The van der Waals surface area contributed by atoms with Crippen molar-refractivity contribution in [2.75, 3.05) is 7.11 Å². The first-order chi connectivity index (χ1) is 9.31. The predicted octanol–water partition coefficient (Wildman–Crippen LogP) is 1.06. The van der Waals surface area contributed by atoms with Crippen LogP contribution in [-0.4, -0.2) is 30.7 Å². The normalized spacial score (nSPS) is 11.2. The third-order valence-corrected chi connectivity index (χ3v) is 2.19. The van der Waals surface area contributed by atoms with Gasteiger partial charge in [0.2, 0.25) is 0 Å². The topological polar surface area (TPSA) is 79.8 Å². The highest BCUT2D eigenvalue weighted by atomic mass is 16.5. The van der Waals surface area contributed by atoms with Crippen LogP contribution >= 0.6 is 0 Å². The van der Waals surface area contributed by atoms with E-state index in [0.29, 0.717) is 0 Å². The molecule has 0 unspecified atom stereocenters. The first-order valence-corrected chi connectivity index (χ1v) is 6.11. The SMILES string of the molecule is COc1ccc(/C=N/NC(=O)C(=O)NC(C)(C)C)cc1. The maximum absolute atomic E-state index is 11.5. The second-order valence-corrected chi connectivity index (χ2v) is 5.18. The van der Waals surface area contributed by atoms with Crippen molar-refractivity contribution in [3.8, 4) is 5.75 Å². The average Bonchev–Trinajstić information content (AvgIpc) is 2.37. The largest absolute Gasteiger partial charge is 0.497 e. The molecular formula is C14H19N3O3. The van der Waals surface area contributed by atoms with Gasteiger partial charge in [-0.25, -0.2) is 5.43 Å². The molecule has 0 atom stereocenters. The number of hydrazone groups is 1. The van der Waals surface area contributed by atoms with E-state index in [1.165, 1.54) is 6.21 Å². The van der Waals surface area contributed by atoms with E-state index in [-0.39, 0.29) is 0 Å². The zero-order valence-electron chi connectivity index (χ0n) is 12.1. The molecule has 2 amide bonds. The number of hydrogen-bond acceptors (Lipinski definition) is 4. The minimum Gasteiger partial charge on any atom is -0.497 e. The summed E-state index contributed by atoms with van der Waals surface area (Å²) in [6.07, 6.45) is 1.45. The molecule has 0 saturated carbocycles. The Hall–Kier alpha value is -2.37. The Labute approximate surface area is 118 Å². The molecular weight excluding hydrogens is 258 g/mol. The fourth-order valence-electron chi connectivity index (χ4n) is 1.30. The van der Waals surface area contributed by atoms with Gasteiger partial charge in [-0.3, -0.25) is 9.59 Å². The van der Waals surface area contributed by atoms with Gasteiger partial charge in [0.05, 0.1) is 13.3 Å². The first kappa shape index (κ1) is 15.7. The summed E-state index contributed by atoms with van der Waals surface area (Å²) in [6.45, 7) is 5.37. The molecule has 0 saturated heterocycles. The number of nitrogens with zero attached hydrogens (tertiary/aromatic N) is 1. The molecule has 6 nitrogen and oxygen atoms in total. The lowest BCUT2D eigenvalue weighted by atomic mass is 10.1. The van der Waals surface area contributed by atoms with Gasteiger partial charge in [-0.05, 0) is 50.6 Å². The van der Waals surface area contributed by atoms with E-state index in [2.05, 4.69) is 15.8 Å². The molecule has 0 radical (unpaired) electrons. The Balaban J connectivity index is 2.51. The molecule has 0 aliphatic rings. The van der Waals surface area contributed by atoms with Crippen LogP contribution in [0.5, 0.6) is 5.75 Å². The number of hydrogen-bond donors (Lipinski definition) is 2. The van der Waals surface area contributed by atoms with Crippen LogP contribution in [0.1, 0.15) is 26.3 Å². The van der Waals surface area contributed by atoms with Gasteiger partial charge in [0.25, 0.3) is 0 Å². The second-order valence-electron chi connectivity index (χ2n) is 5.18. The number of ether oxygens (including phenoxy) is 1. The highest BCUT2D eigenvalue weighted by Crippen LogP contribution is 2.09. The summed E-state index contributed by atoms with van der Waals surface area (Å²) in [5.74, 6) is -0.787. The lowest BCUT2D eigenvalue weighted by Crippen LogP contribution is -2.47. The monoisotopic (exact) mass is 277 g/mol. The van der Waals surface area contributed by atoms with Gasteiger partial charge in [0.1, 0.15) is 5.75 Å². The molecule has 108 valence electrons. The number of amides is 2. The van der Waals surface area contributed by atoms with E-state index in [0.717, 1.165) is 11.3 Å². The zero-order chi connectivity index (χ0) is 15.2. The Kier molecular flexibility index (Phi) is 5.25. The summed E-state index contributed by atoms with van der Waals surface area (Å²) in [6, 6.07) is 7.11. The van der Waals surface area contributed by atoms with Gasteiger partial charge in [0, 0.05) is 5.54 Å². The fraction of sp³-hybridized carbons (Fsp3) is 0.357. The standard InChI is InChI=1S/C14H19N3O3/c1-14(2,3)16-12(18)13(19)17-15-9-10-5-7-11(20-4)8-6-10/h5-9H,1-4H3,(H,16,18)(H,17,19)/b15-9+. The molecule has 0 aliphatic heterocycles. The maximum Gasteiger partial charge on any atom is 0.329 e. The highest BCUT2D eigenvalue weighted by molar-refractivity contribution is 6.35. The van der Waals surface area contributed by atoms with Crippen LogP contribution in [0.4, 0.5) is 0 Å². The van der Waals surface area contributed by atoms with Crippen molar-refractivity contribution in [1.82, 2.24) is 10.7 Å². The van der Waals surface area contributed by atoms with Crippen LogP contribution in [0, 0.1) is 0 Å². The van der Waals surface area contributed by atoms with Gasteiger partial charge in [-0.1, -0.05) is 0 Å². The third-order valence-electron chi connectivity index (χ3n) is 2.19. The molecule has 6 heteroatoms. The van der Waals surface area contributed by atoms with E-state index in [1.54, 1.807) is 52.1 Å². The molecule has 1 rings (SSSR count). The Morgan fingerprint density at radius 3 is 2.25 bits per heavy atom. The molecule has 0 aliphatic carbocycles. The molecule has 20 heavy (non-hydrogen) atoms. The maximum atomic E-state index is 11.5. The summed E-state index contributed by atoms with van der Waals surface area (Å²) in [4.78, 5) is 22.9. The van der Waals surface area contributed by atoms with E-state index in [1.807, 2.05) is 0 Å². The minimum atomic E-state index is -0.801. The molecule has 0 aromatic heterocycles. The van der Waals surface area contributed by atoms with Gasteiger partial charge in [-0.2, -0.15) is 5.10 Å². The third kappa shape index (κ3) is 5.51. The van der Waals surface area contributed by atoms with E-state index >= 15 is 0 Å². The summed E-state index contributed by atoms with van der Waals surface area (Å²) >= 11 is 0. The van der Waals surface area contributed by atoms with Crippen molar-refractivity contribution in [3.05, 3.63) is 29.8 Å². The molecule has 1 aromatic rings. The number of carbonyl (C=O) groups is 2. The van der Waals surface area contributed by atoms with Crippen molar-refractivity contribution in [2.45, 2.75) is 26.3 Å². The molecule has 1 aromatic carbocycles. The fourth-order valence-corrected chi connectivity index (χ4v) is 1.30.